The molecule has 0 amide bonds. The average Bonchev–Trinajstić information content (AvgIpc) is 3.60. The fourth-order valence-electron chi connectivity index (χ4n) is 3.11. The predicted octanol–water partition coefficient (Wildman–Crippen LogP) is 2.48. The molecule has 0 aromatic carbocycles. The van der Waals surface area contributed by atoms with Crippen LogP contribution in [-0.4, -0.2) is 50.1 Å². The monoisotopic (exact) mass is 466 g/mol. The average molecular weight is 466 g/mol. The Bertz CT molecular complexity index is 1380. The Morgan fingerprint density at radius 1 is 1.12 bits per heavy atom. The Hall–Kier alpha value is -4.62. The molecule has 0 atom stereocenters. The van der Waals surface area contributed by atoms with Crippen molar-refractivity contribution in [2.24, 2.45) is 7.05 Å². The van der Waals surface area contributed by atoms with E-state index in [0.717, 1.165) is 11.9 Å². The molecule has 0 saturated heterocycles. The van der Waals surface area contributed by atoms with E-state index < -0.39 is 6.43 Å². The first-order valence-corrected chi connectivity index (χ1v) is 9.96. The van der Waals surface area contributed by atoms with Gasteiger partial charge in [0, 0.05) is 24.9 Å². The summed E-state index contributed by atoms with van der Waals surface area (Å²) in [5, 5.41) is 19.3. The minimum atomic E-state index is -2.59. The number of rotatable bonds is 8. The smallest absolute Gasteiger partial charge is 0.265 e. The van der Waals surface area contributed by atoms with Gasteiger partial charge in [0.05, 0.1) is 29.7 Å². The predicted molar refractivity (Wildman–Crippen MR) is 110 cm³/mol. The van der Waals surface area contributed by atoms with Crippen LogP contribution in [0.2, 0.25) is 0 Å². The van der Waals surface area contributed by atoms with Crippen molar-refractivity contribution in [3.8, 4) is 28.9 Å². The molecule has 5 rings (SSSR count). The van der Waals surface area contributed by atoms with Crippen LogP contribution in [0.5, 0.6) is 5.88 Å². The van der Waals surface area contributed by atoms with Crippen LogP contribution in [-0.2, 0) is 20.2 Å². The molecule has 5 aromatic rings. The summed E-state index contributed by atoms with van der Waals surface area (Å²) in [4.78, 5) is 12.9. The van der Waals surface area contributed by atoms with Crippen LogP contribution in [0.25, 0.3) is 23.0 Å². The number of aromatic nitrogens is 10. The van der Waals surface area contributed by atoms with Gasteiger partial charge in [0.2, 0.25) is 11.7 Å². The molecule has 0 bridgehead atoms. The molecule has 0 aliphatic rings. The molecule has 14 heteroatoms. The normalized spacial score (nSPS) is 11.3. The summed E-state index contributed by atoms with van der Waals surface area (Å²) in [6, 6.07) is 8.08. The second-order valence-corrected chi connectivity index (χ2v) is 7.09. The molecule has 0 unspecified atom stereocenters. The third kappa shape index (κ3) is 4.46. The van der Waals surface area contributed by atoms with E-state index in [2.05, 4.69) is 40.7 Å². The molecule has 5 heterocycles. The van der Waals surface area contributed by atoms with Crippen molar-refractivity contribution in [2.75, 3.05) is 0 Å². The molecule has 0 aliphatic carbocycles. The topological polar surface area (TPSA) is 135 Å². The van der Waals surface area contributed by atoms with Gasteiger partial charge in [-0.05, 0) is 28.6 Å². The highest BCUT2D eigenvalue weighted by atomic mass is 19.3. The van der Waals surface area contributed by atoms with E-state index in [1.165, 1.54) is 18.5 Å². The van der Waals surface area contributed by atoms with Gasteiger partial charge in [-0.3, -0.25) is 4.68 Å². The Kier molecular flexibility index (Phi) is 5.68. The summed E-state index contributed by atoms with van der Waals surface area (Å²) in [6.45, 7) is 0.451. The highest BCUT2D eigenvalue weighted by Gasteiger charge is 2.19. The van der Waals surface area contributed by atoms with Crippen LogP contribution in [0.3, 0.4) is 0 Å². The van der Waals surface area contributed by atoms with Gasteiger partial charge in [-0.25, -0.2) is 23.4 Å². The van der Waals surface area contributed by atoms with E-state index in [4.69, 9.17) is 9.26 Å². The van der Waals surface area contributed by atoms with Crippen LogP contribution >= 0.6 is 0 Å². The summed E-state index contributed by atoms with van der Waals surface area (Å²) in [7, 11) is 1.73. The van der Waals surface area contributed by atoms with Crippen LogP contribution in [0.15, 0.2) is 53.6 Å². The Morgan fingerprint density at radius 2 is 2.03 bits per heavy atom. The molecule has 34 heavy (non-hydrogen) atoms. The van der Waals surface area contributed by atoms with Gasteiger partial charge in [0.1, 0.15) is 18.6 Å². The van der Waals surface area contributed by atoms with E-state index in [9.17, 15) is 8.78 Å². The minimum absolute atomic E-state index is 0.0598. The number of pyridine rings is 2. The van der Waals surface area contributed by atoms with E-state index in [1.54, 1.807) is 28.7 Å². The number of tetrazole rings is 1. The highest BCUT2D eigenvalue weighted by Crippen LogP contribution is 2.26. The van der Waals surface area contributed by atoms with Crippen molar-refractivity contribution in [2.45, 2.75) is 19.6 Å². The molecule has 0 fully saturated rings. The number of aryl methyl sites for hydroxylation is 1. The SMILES string of the molecule is Cn1ncc(-c2nc(-c3cccc(Cn4cnnn4)n3)no2)c1COc1ccc(C(F)F)cn1. The third-order valence-electron chi connectivity index (χ3n) is 4.84. The van der Waals surface area contributed by atoms with Gasteiger partial charge >= 0.3 is 0 Å². The Balaban J connectivity index is 1.34. The van der Waals surface area contributed by atoms with Crippen LogP contribution in [0.1, 0.15) is 23.4 Å². The van der Waals surface area contributed by atoms with E-state index in [0.29, 0.717) is 29.3 Å². The minimum Gasteiger partial charge on any atom is -0.471 e. The molecule has 0 radical (unpaired) electrons. The third-order valence-corrected chi connectivity index (χ3v) is 4.84. The first-order chi connectivity index (χ1) is 16.6. The van der Waals surface area contributed by atoms with E-state index >= 15 is 0 Å². The zero-order valence-corrected chi connectivity index (χ0v) is 17.7. The lowest BCUT2D eigenvalue weighted by atomic mass is 10.2. The summed E-state index contributed by atoms with van der Waals surface area (Å²) in [5.74, 6) is 0.732. The van der Waals surface area contributed by atoms with Crippen LogP contribution < -0.4 is 4.74 Å². The first kappa shape index (κ1) is 21.2. The summed E-state index contributed by atoms with van der Waals surface area (Å²) in [6.07, 6.45) is 1.56. The fraction of sp³-hybridized carbons (Fsp3) is 0.200. The molecular formula is C20H16F2N10O2. The van der Waals surface area contributed by atoms with Gasteiger partial charge in [0.25, 0.3) is 12.3 Å². The highest BCUT2D eigenvalue weighted by molar-refractivity contribution is 5.59. The molecule has 0 aliphatic heterocycles. The Morgan fingerprint density at radius 3 is 2.79 bits per heavy atom. The van der Waals surface area contributed by atoms with Gasteiger partial charge < -0.3 is 9.26 Å². The van der Waals surface area contributed by atoms with E-state index in [-0.39, 0.29) is 23.9 Å². The van der Waals surface area contributed by atoms with Gasteiger partial charge in [-0.2, -0.15) is 10.1 Å². The Labute approximate surface area is 190 Å². The first-order valence-electron chi connectivity index (χ1n) is 9.96. The quantitative estimate of drug-likeness (QED) is 0.335. The van der Waals surface area contributed by atoms with Gasteiger partial charge in [-0.15, -0.1) is 5.10 Å². The second kappa shape index (κ2) is 9.09. The lowest BCUT2D eigenvalue weighted by molar-refractivity contribution is 0.150. The lowest BCUT2D eigenvalue weighted by Gasteiger charge is -2.07. The number of nitrogens with zero attached hydrogens (tertiary/aromatic N) is 10. The standard InChI is InChI=1S/C20H16F2N10O2/c1-31-16(10-33-17-6-5-12(7-23-17)18(21)22)14(8-25-31)20-27-19(28-34-20)15-4-2-3-13(26-15)9-32-11-24-29-30-32/h2-8,11,18H,9-10H2,1H3. The second-order valence-electron chi connectivity index (χ2n) is 7.09. The fourth-order valence-corrected chi connectivity index (χ4v) is 3.11. The number of ether oxygens (including phenoxy) is 1. The van der Waals surface area contributed by atoms with Crippen molar-refractivity contribution >= 4 is 0 Å². The largest absolute Gasteiger partial charge is 0.471 e. The maximum Gasteiger partial charge on any atom is 0.265 e. The summed E-state index contributed by atoms with van der Waals surface area (Å²) >= 11 is 0. The van der Waals surface area contributed by atoms with Crippen molar-refractivity contribution in [3.05, 3.63) is 66.0 Å². The van der Waals surface area contributed by atoms with E-state index in [1.807, 2.05) is 12.1 Å². The summed E-state index contributed by atoms with van der Waals surface area (Å²) < 4.78 is 39.6. The number of alkyl halides is 2. The number of hydrogen-bond acceptors (Lipinski definition) is 10. The zero-order chi connectivity index (χ0) is 23.5. The molecule has 5 aromatic heterocycles. The summed E-state index contributed by atoms with van der Waals surface area (Å²) in [5.41, 5.74) is 2.26. The van der Waals surface area contributed by atoms with Crippen LogP contribution in [0, 0.1) is 0 Å². The maximum atomic E-state index is 12.7. The molecule has 172 valence electrons. The number of halogens is 2. The van der Waals surface area contributed by atoms with Crippen molar-refractivity contribution in [1.29, 1.82) is 0 Å². The molecule has 0 N–H and O–H groups in total. The molecule has 12 nitrogen and oxygen atoms in total. The zero-order valence-electron chi connectivity index (χ0n) is 17.7. The molecule has 0 saturated carbocycles. The number of hydrogen-bond donors (Lipinski definition) is 0. The maximum absolute atomic E-state index is 12.7. The van der Waals surface area contributed by atoms with Crippen LogP contribution in [0.4, 0.5) is 8.78 Å². The van der Waals surface area contributed by atoms with Crippen molar-refractivity contribution in [1.82, 2.24) is 50.1 Å². The van der Waals surface area contributed by atoms with Crippen molar-refractivity contribution in [3.63, 3.8) is 0 Å². The molecular weight excluding hydrogens is 450 g/mol. The van der Waals surface area contributed by atoms with Crippen molar-refractivity contribution < 1.29 is 18.0 Å². The lowest BCUT2D eigenvalue weighted by Crippen LogP contribution is -2.05. The van der Waals surface area contributed by atoms with Gasteiger partial charge in [0.15, 0.2) is 0 Å². The van der Waals surface area contributed by atoms with Gasteiger partial charge in [-0.1, -0.05) is 11.2 Å². The molecule has 0 spiro atoms.